The minimum absolute atomic E-state index is 0.221. The van der Waals surface area contributed by atoms with E-state index in [-0.39, 0.29) is 5.57 Å². The van der Waals surface area contributed by atoms with Crippen LogP contribution in [-0.2, 0) is 28.6 Å². The number of ketones is 1. The lowest BCUT2D eigenvalue weighted by Crippen LogP contribution is -2.69. The monoisotopic (exact) mass is 562 g/mol. The highest BCUT2D eigenvalue weighted by atomic mass is 16.7. The molecule has 10 nitrogen and oxygen atoms in total. The maximum absolute atomic E-state index is 13.4. The number of allylic oxidation sites excluding steroid dienone is 1. The van der Waals surface area contributed by atoms with E-state index in [1.165, 1.54) is 13.0 Å². The molecule has 1 saturated heterocycles. The van der Waals surface area contributed by atoms with Crippen LogP contribution < -0.4 is 0 Å². The van der Waals surface area contributed by atoms with Crippen LogP contribution >= 0.6 is 0 Å². The highest BCUT2D eigenvalue weighted by Crippen LogP contribution is 2.79. The number of ether oxygens (including phenoxy) is 3. The predicted molar refractivity (Wildman–Crippen MR) is 140 cm³/mol. The Morgan fingerprint density at radius 2 is 1.88 bits per heavy atom. The number of Topliss-reactive ketones (excluding diaryl/α,β-unsaturated/α-hetero) is 1. The predicted octanol–water partition coefficient (Wildman–Crippen LogP) is 1.23. The van der Waals surface area contributed by atoms with Crippen LogP contribution in [0.25, 0.3) is 0 Å². The number of fused-ring (bicyclic) bond motifs is 7. The van der Waals surface area contributed by atoms with Crippen LogP contribution in [-0.4, -0.2) is 85.5 Å². The maximum Gasteiger partial charge on any atom is 0.333 e. The zero-order valence-electron chi connectivity index (χ0n) is 24.4. The number of rotatable bonds is 6. The summed E-state index contributed by atoms with van der Waals surface area (Å²) in [5.74, 6) is -6.42. The first-order valence-corrected chi connectivity index (χ1v) is 14.2. The number of hydrogen-bond acceptors (Lipinski definition) is 10. The topological polar surface area (TPSA) is 163 Å². The molecule has 8 unspecified atom stereocenters. The number of carbonyl (C=O) groups is 3. The van der Waals surface area contributed by atoms with E-state index >= 15 is 0 Å². The fourth-order valence-corrected chi connectivity index (χ4v) is 8.44. The van der Waals surface area contributed by atoms with Crippen LogP contribution in [0.3, 0.4) is 0 Å². The Morgan fingerprint density at radius 3 is 2.42 bits per heavy atom. The van der Waals surface area contributed by atoms with Crippen molar-refractivity contribution in [1.82, 2.24) is 0 Å². The van der Waals surface area contributed by atoms with E-state index in [2.05, 4.69) is 0 Å². The highest BCUT2D eigenvalue weighted by Gasteiger charge is 2.93. The summed E-state index contributed by atoms with van der Waals surface area (Å²) in [5.41, 5.74) is -7.78. The van der Waals surface area contributed by atoms with Gasteiger partial charge in [-0.2, -0.15) is 0 Å². The standard InChI is InChI=1S/C30H42O10/c1-9-13(3)23(34)38-22-16(6)28(36)17-11-15(5)20(32)29(17,37)25-27(12-31,40-25)21(33)18(28)19-26(7,8)30(19,22)39-24(35)14(4)10-2/h9,11,14,16-19,21-22,25,31,33,36-37H,10,12H2,1-8H3/b13-9+/t14?,16-,17+,18-,19+,21?,22?,25?,27?,28?,29?,30?/m1/s1. The van der Waals surface area contributed by atoms with E-state index in [9.17, 15) is 34.8 Å². The van der Waals surface area contributed by atoms with Crippen LogP contribution in [0.2, 0.25) is 0 Å². The molecular weight excluding hydrogens is 520 g/mol. The molecule has 0 aromatic rings. The molecule has 5 aliphatic rings. The van der Waals surface area contributed by atoms with Gasteiger partial charge in [0.25, 0.3) is 0 Å². The van der Waals surface area contributed by atoms with Gasteiger partial charge in [0.05, 0.1) is 24.2 Å². The third-order valence-corrected chi connectivity index (χ3v) is 11.3. The van der Waals surface area contributed by atoms with Crippen molar-refractivity contribution in [2.24, 2.45) is 35.0 Å². The second kappa shape index (κ2) is 8.70. The van der Waals surface area contributed by atoms with Crippen molar-refractivity contribution in [1.29, 1.82) is 0 Å². The molecule has 0 aromatic heterocycles. The third kappa shape index (κ3) is 3.14. The Morgan fingerprint density at radius 1 is 1.25 bits per heavy atom. The van der Waals surface area contributed by atoms with Gasteiger partial charge in [-0.3, -0.25) is 9.59 Å². The molecule has 4 N–H and O–H groups in total. The zero-order valence-corrected chi connectivity index (χ0v) is 24.4. The number of aliphatic hydroxyl groups excluding tert-OH is 2. The molecule has 10 heteroatoms. The number of carbonyl (C=O) groups excluding carboxylic acids is 3. The number of aliphatic hydroxyl groups is 4. The second-order valence-electron chi connectivity index (χ2n) is 13.3. The largest absolute Gasteiger partial charge is 0.454 e. The Kier molecular flexibility index (Phi) is 6.39. The van der Waals surface area contributed by atoms with Gasteiger partial charge in [0.15, 0.2) is 17.0 Å². The fraction of sp³-hybridized carbons (Fsp3) is 0.767. The van der Waals surface area contributed by atoms with E-state index in [1.54, 1.807) is 33.8 Å². The molecule has 0 bridgehead atoms. The number of esters is 2. The van der Waals surface area contributed by atoms with Crippen molar-refractivity contribution in [3.05, 3.63) is 23.3 Å². The van der Waals surface area contributed by atoms with Gasteiger partial charge in [-0.05, 0) is 32.8 Å². The lowest BCUT2D eigenvalue weighted by atomic mass is 9.58. The van der Waals surface area contributed by atoms with Gasteiger partial charge >= 0.3 is 11.9 Å². The summed E-state index contributed by atoms with van der Waals surface area (Å²) in [4.78, 5) is 40.0. The van der Waals surface area contributed by atoms with Gasteiger partial charge in [0, 0.05) is 34.7 Å². The van der Waals surface area contributed by atoms with E-state index in [0.717, 1.165) is 0 Å². The Labute approximate surface area is 234 Å². The molecule has 4 aliphatic carbocycles. The summed E-state index contributed by atoms with van der Waals surface area (Å²) in [6.07, 6.45) is -0.376. The van der Waals surface area contributed by atoms with E-state index < -0.39 is 100 Å². The first-order chi connectivity index (χ1) is 18.5. The third-order valence-electron chi connectivity index (χ3n) is 11.3. The second-order valence-corrected chi connectivity index (χ2v) is 13.3. The van der Waals surface area contributed by atoms with Gasteiger partial charge < -0.3 is 34.6 Å². The Balaban J connectivity index is 1.74. The summed E-state index contributed by atoms with van der Waals surface area (Å²) in [7, 11) is 0. The fourth-order valence-electron chi connectivity index (χ4n) is 8.44. The SMILES string of the molecule is C/C=C(\C)C(=O)OC1[C@@H](C)C2(O)[C@@H]3C=C(C)C(=O)C3(O)C3OC3(CO)C(O)[C@H]2[C@H]2C(C)(C)C12OC(=O)C(C)CC. The van der Waals surface area contributed by atoms with Crippen LogP contribution in [0.4, 0.5) is 0 Å². The van der Waals surface area contributed by atoms with Gasteiger partial charge in [-0.1, -0.05) is 46.8 Å². The van der Waals surface area contributed by atoms with Crippen molar-refractivity contribution in [2.45, 2.75) is 103 Å². The molecule has 0 radical (unpaired) electrons. The molecule has 3 saturated carbocycles. The van der Waals surface area contributed by atoms with Crippen LogP contribution in [0.15, 0.2) is 23.3 Å². The van der Waals surface area contributed by atoms with Gasteiger partial charge in [0.1, 0.15) is 17.8 Å². The van der Waals surface area contributed by atoms with E-state index in [1.807, 2.05) is 20.8 Å². The Bertz CT molecular complexity index is 1220. The molecule has 222 valence electrons. The normalized spacial score (nSPS) is 48.9. The summed E-state index contributed by atoms with van der Waals surface area (Å²) in [6, 6.07) is 0. The summed E-state index contributed by atoms with van der Waals surface area (Å²) in [5, 5.41) is 47.2. The molecule has 0 aromatic carbocycles. The minimum atomic E-state index is -2.26. The smallest absolute Gasteiger partial charge is 0.333 e. The molecule has 1 aliphatic heterocycles. The maximum atomic E-state index is 13.4. The zero-order chi connectivity index (χ0) is 30.0. The van der Waals surface area contributed by atoms with Crippen molar-refractivity contribution in [3.63, 3.8) is 0 Å². The molecular formula is C30H42O10. The summed E-state index contributed by atoms with van der Waals surface area (Å²) >= 11 is 0. The highest BCUT2D eigenvalue weighted by molar-refractivity contribution is 6.05. The summed E-state index contributed by atoms with van der Waals surface area (Å²) < 4.78 is 18.2. The molecule has 0 spiro atoms. The molecule has 1 heterocycles. The quantitative estimate of drug-likeness (QED) is 0.210. The van der Waals surface area contributed by atoms with Gasteiger partial charge in [0.2, 0.25) is 0 Å². The first-order valence-electron chi connectivity index (χ1n) is 14.2. The number of hydrogen-bond donors (Lipinski definition) is 4. The molecule has 0 amide bonds. The van der Waals surface area contributed by atoms with Crippen molar-refractivity contribution >= 4 is 17.7 Å². The molecule has 5 rings (SSSR count). The lowest BCUT2D eigenvalue weighted by molar-refractivity contribution is -0.250. The minimum Gasteiger partial charge on any atom is -0.454 e. The number of epoxide rings is 1. The average molecular weight is 563 g/mol. The van der Waals surface area contributed by atoms with Crippen molar-refractivity contribution < 1.29 is 49.0 Å². The van der Waals surface area contributed by atoms with Crippen LogP contribution in [0.5, 0.6) is 0 Å². The molecule has 12 atom stereocenters. The molecule has 40 heavy (non-hydrogen) atoms. The van der Waals surface area contributed by atoms with E-state index in [0.29, 0.717) is 12.0 Å². The summed E-state index contributed by atoms with van der Waals surface area (Å²) in [6.45, 7) is 13.0. The van der Waals surface area contributed by atoms with Crippen molar-refractivity contribution in [3.8, 4) is 0 Å². The Hall–Kier alpha value is -2.11. The van der Waals surface area contributed by atoms with Gasteiger partial charge in [-0.25, -0.2) is 4.79 Å². The van der Waals surface area contributed by atoms with Crippen LogP contribution in [0, 0.1) is 35.0 Å². The molecule has 4 fully saturated rings. The van der Waals surface area contributed by atoms with Gasteiger partial charge in [-0.15, -0.1) is 0 Å². The van der Waals surface area contributed by atoms with Crippen molar-refractivity contribution in [2.75, 3.05) is 6.61 Å². The van der Waals surface area contributed by atoms with E-state index in [4.69, 9.17) is 14.2 Å². The first kappa shape index (κ1) is 29.4. The van der Waals surface area contributed by atoms with Crippen LogP contribution in [0.1, 0.15) is 61.8 Å². The lowest BCUT2D eigenvalue weighted by Gasteiger charge is -2.54. The average Bonchev–Trinajstić information content (AvgIpc) is 3.76.